The summed E-state index contributed by atoms with van der Waals surface area (Å²) in [6.45, 7) is 0.768. The van der Waals surface area contributed by atoms with Crippen LogP contribution in [0.3, 0.4) is 0 Å². The number of nitrogens with one attached hydrogen (secondary N) is 1. The molecule has 0 atom stereocenters. The van der Waals surface area contributed by atoms with Crippen LogP contribution >= 0.6 is 0 Å². The van der Waals surface area contributed by atoms with Gasteiger partial charge < -0.3 is 5.32 Å². The van der Waals surface area contributed by atoms with Gasteiger partial charge in [0.2, 0.25) is 5.95 Å². The number of hydrogen-bond donors (Lipinski definition) is 1. The van der Waals surface area contributed by atoms with Gasteiger partial charge in [-0.3, -0.25) is 14.8 Å². The highest BCUT2D eigenvalue weighted by Gasteiger charge is 2.08. The van der Waals surface area contributed by atoms with Crippen LogP contribution in [0.5, 0.6) is 0 Å². The molecule has 2 aromatic carbocycles. The quantitative estimate of drug-likeness (QED) is 0.381. The zero-order valence-electron chi connectivity index (χ0n) is 15.3. The summed E-state index contributed by atoms with van der Waals surface area (Å²) in [6, 6.07) is 16.2. The van der Waals surface area contributed by atoms with Gasteiger partial charge in [0.15, 0.2) is 0 Å². The molecule has 0 saturated carbocycles. The van der Waals surface area contributed by atoms with Gasteiger partial charge in [-0.15, -0.1) is 0 Å². The minimum Gasteiger partial charge on any atom is -0.324 e. The van der Waals surface area contributed by atoms with Crippen molar-refractivity contribution in [2.75, 3.05) is 5.32 Å². The maximum absolute atomic E-state index is 10.9. The number of rotatable bonds is 7. The van der Waals surface area contributed by atoms with Gasteiger partial charge >= 0.3 is 0 Å². The molecule has 29 heavy (non-hydrogen) atoms. The van der Waals surface area contributed by atoms with Crippen molar-refractivity contribution in [3.8, 4) is 11.3 Å². The smallest absolute Gasteiger partial charge is 0.271 e. The van der Waals surface area contributed by atoms with Crippen LogP contribution in [-0.2, 0) is 13.0 Å². The molecule has 1 N–H and O–H groups in total. The van der Waals surface area contributed by atoms with Gasteiger partial charge in [0.05, 0.1) is 10.6 Å². The molecule has 0 radical (unpaired) electrons. The van der Waals surface area contributed by atoms with Gasteiger partial charge in [-0.2, -0.15) is 5.10 Å². The number of aromatic nitrogens is 5. The number of non-ortho nitro benzene ring substituents is 1. The number of nitro groups is 1. The number of aryl methyl sites for hydroxylation is 2. The molecule has 0 fully saturated rings. The van der Waals surface area contributed by atoms with Crippen LogP contribution in [-0.4, -0.2) is 29.7 Å². The van der Waals surface area contributed by atoms with E-state index in [1.165, 1.54) is 24.0 Å². The fraction of sp³-hybridized carbons (Fsp3) is 0.100. The first kappa shape index (κ1) is 18.2. The first-order chi connectivity index (χ1) is 14.2. The van der Waals surface area contributed by atoms with E-state index < -0.39 is 4.92 Å². The topological polar surface area (TPSA) is 112 Å². The summed E-state index contributed by atoms with van der Waals surface area (Å²) >= 11 is 0. The van der Waals surface area contributed by atoms with Crippen LogP contribution in [0.2, 0.25) is 0 Å². The van der Waals surface area contributed by atoms with Gasteiger partial charge in [-0.1, -0.05) is 30.3 Å². The lowest BCUT2D eigenvalue weighted by Crippen LogP contribution is -2.01. The second-order valence-electron chi connectivity index (χ2n) is 6.30. The summed E-state index contributed by atoms with van der Waals surface area (Å²) in [5.41, 5.74) is 3.47. The number of anilines is 2. The number of benzene rings is 2. The van der Waals surface area contributed by atoms with Crippen molar-refractivity contribution in [1.29, 1.82) is 0 Å². The minimum atomic E-state index is -0.438. The average molecular weight is 387 g/mol. The molecule has 0 bridgehead atoms. The lowest BCUT2D eigenvalue weighted by Gasteiger charge is -2.07. The highest BCUT2D eigenvalue weighted by Crippen LogP contribution is 2.22. The zero-order valence-corrected chi connectivity index (χ0v) is 15.3. The minimum absolute atomic E-state index is 0.00707. The Bertz CT molecular complexity index is 1110. The molecule has 0 spiro atoms. The fourth-order valence-corrected chi connectivity index (χ4v) is 2.84. The van der Waals surface area contributed by atoms with Crippen LogP contribution in [0, 0.1) is 10.1 Å². The van der Waals surface area contributed by atoms with E-state index in [9.17, 15) is 10.1 Å². The van der Waals surface area contributed by atoms with E-state index in [0.717, 1.165) is 24.2 Å². The third kappa shape index (κ3) is 4.59. The summed E-state index contributed by atoms with van der Waals surface area (Å²) < 4.78 is 1.80. The van der Waals surface area contributed by atoms with E-state index in [1.807, 2.05) is 18.2 Å². The normalized spacial score (nSPS) is 10.6. The van der Waals surface area contributed by atoms with Crippen LogP contribution < -0.4 is 5.32 Å². The lowest BCUT2D eigenvalue weighted by atomic mass is 10.1. The lowest BCUT2D eigenvalue weighted by molar-refractivity contribution is -0.384. The molecular weight excluding hydrogens is 370 g/mol. The SMILES string of the molecule is O=[N+]([O-])c1cccc(Nc2nccc(-c3ccc(CCn4cncn4)cc3)n2)c1. The van der Waals surface area contributed by atoms with Gasteiger partial charge in [0, 0.05) is 36.1 Å². The molecule has 4 aromatic rings. The Morgan fingerprint density at radius 3 is 2.72 bits per heavy atom. The molecular formula is C20H17N7O2. The van der Waals surface area contributed by atoms with E-state index in [-0.39, 0.29) is 5.69 Å². The van der Waals surface area contributed by atoms with E-state index in [2.05, 4.69) is 37.5 Å². The molecule has 0 aliphatic rings. The molecule has 0 unspecified atom stereocenters. The zero-order chi connectivity index (χ0) is 20.1. The fourth-order valence-electron chi connectivity index (χ4n) is 2.84. The van der Waals surface area contributed by atoms with E-state index in [1.54, 1.807) is 29.3 Å². The number of nitro benzene ring substituents is 1. The average Bonchev–Trinajstić information content (AvgIpc) is 3.27. The molecule has 9 heteroatoms. The third-order valence-electron chi connectivity index (χ3n) is 4.31. The summed E-state index contributed by atoms with van der Waals surface area (Å²) in [4.78, 5) is 23.1. The Labute approximate surface area is 166 Å². The molecule has 0 aliphatic heterocycles. The van der Waals surface area contributed by atoms with Crippen molar-refractivity contribution in [3.63, 3.8) is 0 Å². The Kier molecular flexibility index (Phi) is 5.19. The number of hydrogen-bond acceptors (Lipinski definition) is 7. The standard InChI is InChI=1S/C20H17N7O2/c28-27(29)18-3-1-2-17(12-18)24-20-22-10-8-19(25-20)16-6-4-15(5-7-16)9-11-26-14-21-13-23-26/h1-8,10,12-14H,9,11H2,(H,22,24,25). The van der Waals surface area contributed by atoms with Gasteiger partial charge in [0.1, 0.15) is 12.7 Å². The predicted molar refractivity (Wildman–Crippen MR) is 108 cm³/mol. The van der Waals surface area contributed by atoms with E-state index in [0.29, 0.717) is 11.6 Å². The first-order valence-corrected chi connectivity index (χ1v) is 8.94. The second kappa shape index (κ2) is 8.26. The van der Waals surface area contributed by atoms with Crippen LogP contribution in [0.25, 0.3) is 11.3 Å². The maximum atomic E-state index is 10.9. The van der Waals surface area contributed by atoms with Gasteiger partial charge in [-0.05, 0) is 24.1 Å². The molecule has 2 aromatic heterocycles. The Balaban J connectivity index is 1.46. The van der Waals surface area contributed by atoms with Crippen molar-refractivity contribution < 1.29 is 4.92 Å². The van der Waals surface area contributed by atoms with Crippen molar-refractivity contribution in [1.82, 2.24) is 24.7 Å². The Morgan fingerprint density at radius 2 is 1.97 bits per heavy atom. The second-order valence-corrected chi connectivity index (χ2v) is 6.30. The monoisotopic (exact) mass is 387 g/mol. The van der Waals surface area contributed by atoms with Gasteiger partial charge in [-0.25, -0.2) is 15.0 Å². The van der Waals surface area contributed by atoms with Crippen molar-refractivity contribution in [2.45, 2.75) is 13.0 Å². The molecule has 144 valence electrons. The van der Waals surface area contributed by atoms with Crippen molar-refractivity contribution in [3.05, 3.63) is 89.1 Å². The largest absolute Gasteiger partial charge is 0.324 e. The Morgan fingerprint density at radius 1 is 1.10 bits per heavy atom. The summed E-state index contributed by atoms with van der Waals surface area (Å²) in [5.74, 6) is 0.373. The summed E-state index contributed by atoms with van der Waals surface area (Å²) in [7, 11) is 0. The highest BCUT2D eigenvalue weighted by atomic mass is 16.6. The summed E-state index contributed by atoms with van der Waals surface area (Å²) in [6.07, 6.45) is 5.73. The molecule has 2 heterocycles. The molecule has 4 rings (SSSR count). The molecule has 9 nitrogen and oxygen atoms in total. The summed E-state index contributed by atoms with van der Waals surface area (Å²) in [5, 5.41) is 18.0. The molecule has 0 saturated heterocycles. The van der Waals surface area contributed by atoms with Crippen LogP contribution in [0.4, 0.5) is 17.3 Å². The molecule has 0 amide bonds. The third-order valence-corrected chi connectivity index (χ3v) is 4.31. The highest BCUT2D eigenvalue weighted by molar-refractivity contribution is 5.63. The van der Waals surface area contributed by atoms with E-state index in [4.69, 9.17) is 0 Å². The van der Waals surface area contributed by atoms with Crippen LogP contribution in [0.1, 0.15) is 5.56 Å². The Hall–Kier alpha value is -4.14. The van der Waals surface area contributed by atoms with Crippen molar-refractivity contribution in [2.24, 2.45) is 0 Å². The van der Waals surface area contributed by atoms with E-state index >= 15 is 0 Å². The number of nitrogens with zero attached hydrogens (tertiary/aromatic N) is 6. The first-order valence-electron chi connectivity index (χ1n) is 8.94. The molecule has 0 aliphatic carbocycles. The van der Waals surface area contributed by atoms with Crippen LogP contribution in [0.15, 0.2) is 73.4 Å². The maximum Gasteiger partial charge on any atom is 0.271 e. The van der Waals surface area contributed by atoms with Gasteiger partial charge in [0.25, 0.3) is 5.69 Å². The predicted octanol–water partition coefficient (Wildman–Crippen LogP) is 3.63. The van der Waals surface area contributed by atoms with Crippen molar-refractivity contribution >= 4 is 17.3 Å².